The van der Waals surface area contributed by atoms with Crippen molar-refractivity contribution in [1.82, 2.24) is 0 Å². The van der Waals surface area contributed by atoms with Crippen molar-refractivity contribution in [2.45, 2.75) is 25.2 Å². The molecule has 0 unspecified atom stereocenters. The van der Waals surface area contributed by atoms with Crippen LogP contribution in [0, 0.1) is 0 Å². The third-order valence-corrected chi connectivity index (χ3v) is 4.96. The Labute approximate surface area is 157 Å². The van der Waals surface area contributed by atoms with Crippen LogP contribution in [0.3, 0.4) is 0 Å². The van der Waals surface area contributed by atoms with E-state index in [1.54, 1.807) is 13.8 Å². The molecule has 4 N–H and O–H groups in total. The first-order chi connectivity index (χ1) is 12.8. The van der Waals surface area contributed by atoms with Crippen molar-refractivity contribution in [3.05, 3.63) is 48.0 Å². The molecule has 0 radical (unpaired) electrons. The number of benzene rings is 2. The Bertz CT molecular complexity index is 940. The summed E-state index contributed by atoms with van der Waals surface area (Å²) >= 11 is 0. The molecule has 27 heavy (non-hydrogen) atoms. The molecule has 0 saturated carbocycles. The van der Waals surface area contributed by atoms with Crippen molar-refractivity contribution < 1.29 is 22.7 Å². The average molecular weight is 391 g/mol. The van der Waals surface area contributed by atoms with Crippen molar-refractivity contribution in [2.24, 2.45) is 5.73 Å². The van der Waals surface area contributed by atoms with Crippen LogP contribution >= 0.6 is 0 Å². The molecule has 2 amide bonds. The zero-order valence-corrected chi connectivity index (χ0v) is 15.8. The van der Waals surface area contributed by atoms with Gasteiger partial charge in [0.2, 0.25) is 11.8 Å². The van der Waals surface area contributed by atoms with Gasteiger partial charge in [-0.2, -0.15) is 0 Å². The Kier molecular flexibility index (Phi) is 6.40. The van der Waals surface area contributed by atoms with E-state index >= 15 is 0 Å². The fourth-order valence-electron chi connectivity index (χ4n) is 2.21. The third kappa shape index (κ3) is 5.20. The van der Waals surface area contributed by atoms with E-state index < -0.39 is 15.9 Å². The van der Waals surface area contributed by atoms with E-state index in [0.29, 0.717) is 12.4 Å². The van der Waals surface area contributed by atoms with Gasteiger partial charge in [-0.1, -0.05) is 6.92 Å². The van der Waals surface area contributed by atoms with Gasteiger partial charge in [0.05, 0.1) is 17.2 Å². The number of sulfonamides is 1. The SMILES string of the molecule is CCOc1ccc(S(=O)(=O)Nc2ccc(C(N)=O)cc2)cc1NC(=O)CC. The molecule has 0 fully saturated rings. The summed E-state index contributed by atoms with van der Waals surface area (Å²) < 4.78 is 33.1. The van der Waals surface area contributed by atoms with E-state index in [0.717, 1.165) is 0 Å². The minimum absolute atomic E-state index is 0.0451. The third-order valence-electron chi connectivity index (χ3n) is 3.58. The lowest BCUT2D eigenvalue weighted by Gasteiger charge is -2.14. The highest BCUT2D eigenvalue weighted by Gasteiger charge is 2.18. The molecule has 0 bridgehead atoms. The Hall–Kier alpha value is -3.07. The van der Waals surface area contributed by atoms with Gasteiger partial charge in [0.25, 0.3) is 10.0 Å². The number of carbonyl (C=O) groups is 2. The second-order valence-electron chi connectivity index (χ2n) is 5.54. The summed E-state index contributed by atoms with van der Waals surface area (Å²) in [7, 11) is -3.92. The molecule has 0 spiro atoms. The summed E-state index contributed by atoms with van der Waals surface area (Å²) in [5, 5.41) is 2.63. The van der Waals surface area contributed by atoms with Crippen LogP contribution in [0.1, 0.15) is 30.6 Å². The topological polar surface area (TPSA) is 128 Å². The second-order valence-corrected chi connectivity index (χ2v) is 7.22. The van der Waals surface area contributed by atoms with Crippen LogP contribution in [0.4, 0.5) is 11.4 Å². The number of anilines is 2. The molecule has 2 rings (SSSR count). The average Bonchev–Trinajstić information content (AvgIpc) is 2.63. The molecule has 8 nitrogen and oxygen atoms in total. The molecule has 144 valence electrons. The van der Waals surface area contributed by atoms with E-state index in [9.17, 15) is 18.0 Å². The van der Waals surface area contributed by atoms with Crippen LogP contribution in [-0.4, -0.2) is 26.8 Å². The fraction of sp³-hybridized carbons (Fsp3) is 0.222. The van der Waals surface area contributed by atoms with E-state index in [1.807, 2.05) is 0 Å². The van der Waals surface area contributed by atoms with Gasteiger partial charge in [-0.3, -0.25) is 14.3 Å². The largest absolute Gasteiger partial charge is 0.492 e. The van der Waals surface area contributed by atoms with Crippen molar-refractivity contribution in [1.29, 1.82) is 0 Å². The molecule has 0 aliphatic carbocycles. The van der Waals surface area contributed by atoms with Gasteiger partial charge in [-0.15, -0.1) is 0 Å². The number of nitrogens with two attached hydrogens (primary N) is 1. The number of rotatable bonds is 8. The number of ether oxygens (including phenoxy) is 1. The molecule has 0 atom stereocenters. The monoisotopic (exact) mass is 391 g/mol. The van der Waals surface area contributed by atoms with E-state index in [-0.39, 0.29) is 34.2 Å². The minimum atomic E-state index is -3.92. The first kappa shape index (κ1) is 20.2. The molecule has 2 aromatic carbocycles. The molecular weight excluding hydrogens is 370 g/mol. The number of primary amides is 1. The van der Waals surface area contributed by atoms with Crippen LogP contribution in [0.2, 0.25) is 0 Å². The highest BCUT2D eigenvalue weighted by atomic mass is 32.2. The molecule has 0 aliphatic heterocycles. The molecule has 0 aliphatic rings. The molecule has 0 aromatic heterocycles. The van der Waals surface area contributed by atoms with Crippen LogP contribution in [0.5, 0.6) is 5.75 Å². The molecule has 9 heteroatoms. The number of hydrogen-bond donors (Lipinski definition) is 3. The zero-order valence-electron chi connectivity index (χ0n) is 15.0. The maximum Gasteiger partial charge on any atom is 0.261 e. The summed E-state index contributed by atoms with van der Waals surface area (Å²) in [6.45, 7) is 3.84. The summed E-state index contributed by atoms with van der Waals surface area (Å²) in [5.41, 5.74) is 5.98. The van der Waals surface area contributed by atoms with Gasteiger partial charge in [-0.05, 0) is 49.4 Å². The summed E-state index contributed by atoms with van der Waals surface area (Å²) in [4.78, 5) is 22.8. The van der Waals surface area contributed by atoms with Gasteiger partial charge >= 0.3 is 0 Å². The van der Waals surface area contributed by atoms with Crippen LogP contribution in [0.15, 0.2) is 47.4 Å². The predicted octanol–water partition coefficient (Wildman–Crippen LogP) is 2.33. The smallest absolute Gasteiger partial charge is 0.261 e. The lowest BCUT2D eigenvalue weighted by atomic mass is 10.2. The first-order valence-electron chi connectivity index (χ1n) is 8.26. The van der Waals surface area contributed by atoms with Gasteiger partial charge in [0.1, 0.15) is 5.75 Å². The van der Waals surface area contributed by atoms with Crippen molar-refractivity contribution in [2.75, 3.05) is 16.6 Å². The Morgan fingerprint density at radius 1 is 1.07 bits per heavy atom. The maximum absolute atomic E-state index is 12.6. The number of hydrogen-bond acceptors (Lipinski definition) is 5. The molecule has 0 saturated heterocycles. The van der Waals surface area contributed by atoms with Crippen LogP contribution in [-0.2, 0) is 14.8 Å². The Balaban J connectivity index is 2.32. The quantitative estimate of drug-likeness (QED) is 0.636. The molecular formula is C18H21N3O5S. The van der Waals surface area contributed by atoms with Gasteiger partial charge in [0.15, 0.2) is 0 Å². The number of carbonyl (C=O) groups excluding carboxylic acids is 2. The molecule has 2 aromatic rings. The number of nitrogens with one attached hydrogen (secondary N) is 2. The van der Waals surface area contributed by atoms with Gasteiger partial charge < -0.3 is 15.8 Å². The summed E-state index contributed by atoms with van der Waals surface area (Å²) in [6, 6.07) is 9.92. The van der Waals surface area contributed by atoms with Crippen molar-refractivity contribution >= 4 is 33.2 Å². The van der Waals surface area contributed by atoms with Crippen LogP contribution in [0.25, 0.3) is 0 Å². The van der Waals surface area contributed by atoms with E-state index in [2.05, 4.69) is 10.0 Å². The van der Waals surface area contributed by atoms with Gasteiger partial charge in [-0.25, -0.2) is 8.42 Å². The highest BCUT2D eigenvalue weighted by Crippen LogP contribution is 2.29. The Morgan fingerprint density at radius 2 is 1.74 bits per heavy atom. The first-order valence-corrected chi connectivity index (χ1v) is 9.74. The summed E-state index contributed by atoms with van der Waals surface area (Å²) in [5.74, 6) is -0.489. The minimum Gasteiger partial charge on any atom is -0.492 e. The van der Waals surface area contributed by atoms with E-state index in [1.165, 1.54) is 42.5 Å². The lowest BCUT2D eigenvalue weighted by molar-refractivity contribution is -0.115. The standard InChI is InChI=1S/C18H21N3O5S/c1-3-17(22)20-15-11-14(9-10-16(15)26-4-2)27(24,25)21-13-7-5-12(6-8-13)18(19)23/h5-11,21H,3-4H2,1-2H3,(H2,19,23)(H,20,22). The number of amides is 2. The fourth-order valence-corrected chi connectivity index (χ4v) is 3.29. The Morgan fingerprint density at radius 3 is 2.30 bits per heavy atom. The normalized spacial score (nSPS) is 10.9. The predicted molar refractivity (Wildman–Crippen MR) is 102 cm³/mol. The summed E-state index contributed by atoms with van der Waals surface area (Å²) in [6.07, 6.45) is 0.243. The molecule has 0 heterocycles. The second kappa shape index (κ2) is 8.54. The highest BCUT2D eigenvalue weighted by molar-refractivity contribution is 7.92. The van der Waals surface area contributed by atoms with E-state index in [4.69, 9.17) is 10.5 Å². The van der Waals surface area contributed by atoms with Crippen LogP contribution < -0.4 is 20.5 Å². The maximum atomic E-state index is 12.6. The lowest BCUT2D eigenvalue weighted by Crippen LogP contribution is -2.16. The zero-order chi connectivity index (χ0) is 20.0. The van der Waals surface area contributed by atoms with Crippen molar-refractivity contribution in [3.8, 4) is 5.75 Å². The van der Waals surface area contributed by atoms with Gasteiger partial charge in [0, 0.05) is 17.7 Å². The van der Waals surface area contributed by atoms with Crippen molar-refractivity contribution in [3.63, 3.8) is 0 Å².